The number of carbonyl (C=O) groups excluding carboxylic acids is 3. The number of aryl methyl sites for hydroxylation is 8. The molecule has 0 spiro atoms. The molecule has 6 heterocycles. The van der Waals surface area contributed by atoms with Gasteiger partial charge in [0, 0.05) is 92.2 Å². The molecule has 6 aromatic carbocycles. The number of unbranched alkanes of at least 4 members (excludes halogenated alkanes) is 12. The van der Waals surface area contributed by atoms with Gasteiger partial charge in [0.25, 0.3) is 0 Å². The zero-order chi connectivity index (χ0) is 82.9. The number of pyridine rings is 6. The SMILES string of the molecule is CC(=O)C=C(C)O.CC(=O)C=C(C)O.CC(=O)C=C(C)O.[Ir+3].[Ir].[c-]1ccccc1-c1ccc(CCCCCCc2cnc(-c3[c-]cccc3)cc2CCCCCCc2ccc(-c3[c-]cccc3)nc2)cn1.c1ccc(-c2ccc(CCCCCCc3cnc(-c4ccccc4)cc3CCCCCCc3ccnc(-c4ccccc4)c3)cn2)cc1. The minimum Gasteiger partial charge on any atom is -0.512 e. The van der Waals surface area contributed by atoms with E-state index >= 15 is 0 Å². The molecular formula is C105H115Ir2N6O6. The maximum Gasteiger partial charge on any atom is 3.00 e. The summed E-state index contributed by atoms with van der Waals surface area (Å²) in [6.07, 6.45) is 44.2. The average Bonchev–Trinajstić information content (AvgIpc) is 0.875. The zero-order valence-electron chi connectivity index (χ0n) is 69.9. The largest absolute Gasteiger partial charge is 3.00 e. The van der Waals surface area contributed by atoms with Crippen LogP contribution in [0.2, 0.25) is 0 Å². The van der Waals surface area contributed by atoms with Crippen LogP contribution in [0.4, 0.5) is 0 Å². The summed E-state index contributed by atoms with van der Waals surface area (Å²) in [5.41, 5.74) is 24.0. The molecule has 12 rings (SSSR count). The maximum absolute atomic E-state index is 10.0. The van der Waals surface area contributed by atoms with Crippen molar-refractivity contribution in [1.29, 1.82) is 0 Å². The van der Waals surface area contributed by atoms with Gasteiger partial charge in [-0.05, 0) is 225 Å². The topological polar surface area (TPSA) is 189 Å². The monoisotopic (exact) mass is 1940 g/mol. The first-order chi connectivity index (χ1) is 57.0. The van der Waals surface area contributed by atoms with E-state index < -0.39 is 0 Å². The molecule has 12 aromatic rings. The number of nitrogens with zero attached hydrogens (tertiary/aromatic N) is 6. The van der Waals surface area contributed by atoms with E-state index in [-0.39, 0.29) is 74.8 Å². The fourth-order valence-electron chi connectivity index (χ4n) is 13.6. The predicted octanol–water partition coefficient (Wildman–Crippen LogP) is 25.6. The van der Waals surface area contributed by atoms with Crippen LogP contribution >= 0.6 is 0 Å². The minimum absolute atomic E-state index is 0. The summed E-state index contributed by atoms with van der Waals surface area (Å²) in [5, 5.41) is 25.1. The van der Waals surface area contributed by atoms with Crippen LogP contribution in [0.15, 0.2) is 297 Å². The standard InChI is InChI=1S/C45H44N3.C45H47N3.3C5H8O2.2Ir/c1(8-18-36-28-30-43(46-33-36)38-20-12-5-13-21-38)3-10-26-41-32-45(40-24-16-7-17-25-40)48-35-42(41)27-11-4-2-9-19-37-29-31-44(47-34-37)39-22-14-6-15-23-39;1(8-18-36-30-31-46-44(32-36)39-22-14-6-15-23-39)3-10-26-41-33-45(40-24-16-7-17-25-40)48-35-42(41)27-11-4-2-9-19-37-28-29-43(47-34-37)38-20-12-5-13-21-38;3*1-4(6)3-5(2)7;;/h5-7,12-17,20,22,24,28-35H,1-4,8-11,18-19,26-27H2;5-7,12-17,20-25,28-35H,1-4,8-11,18-19,26-27H2;3*3,6H,1-2H3;;/q-3;;;;;;+3. The molecule has 0 aliphatic heterocycles. The minimum atomic E-state index is -0.125. The van der Waals surface area contributed by atoms with Gasteiger partial charge in [-0.25, -0.2) is 0 Å². The van der Waals surface area contributed by atoms with Gasteiger partial charge >= 0.3 is 20.1 Å². The zero-order valence-corrected chi connectivity index (χ0v) is 74.7. The summed E-state index contributed by atoms with van der Waals surface area (Å²) in [6, 6.07) is 87.7. The molecule has 0 aliphatic carbocycles. The smallest absolute Gasteiger partial charge is 0.512 e. The number of benzene rings is 6. The van der Waals surface area contributed by atoms with Gasteiger partial charge in [-0.15, -0.1) is 108 Å². The van der Waals surface area contributed by atoms with E-state index in [1.54, 1.807) is 0 Å². The third kappa shape index (κ3) is 38.6. The molecule has 0 amide bonds. The van der Waals surface area contributed by atoms with Gasteiger partial charge in [0.05, 0.1) is 34.4 Å². The molecule has 619 valence electrons. The molecule has 6 aromatic heterocycles. The van der Waals surface area contributed by atoms with Gasteiger partial charge in [-0.2, -0.15) is 0 Å². The third-order valence-electron chi connectivity index (χ3n) is 19.5. The Balaban J connectivity index is 0.000000293. The van der Waals surface area contributed by atoms with Crippen molar-refractivity contribution in [3.63, 3.8) is 0 Å². The number of ketones is 3. The van der Waals surface area contributed by atoms with Crippen molar-refractivity contribution in [3.8, 4) is 67.5 Å². The molecule has 12 nitrogen and oxygen atoms in total. The van der Waals surface area contributed by atoms with Crippen molar-refractivity contribution in [2.45, 2.75) is 196 Å². The third-order valence-corrected chi connectivity index (χ3v) is 19.5. The van der Waals surface area contributed by atoms with Gasteiger partial charge in [-0.1, -0.05) is 184 Å². The van der Waals surface area contributed by atoms with Crippen LogP contribution in [-0.2, 0) is 106 Å². The number of rotatable bonds is 37. The van der Waals surface area contributed by atoms with Crippen LogP contribution in [0.1, 0.15) is 189 Å². The van der Waals surface area contributed by atoms with Crippen LogP contribution in [0, 0.1) is 18.2 Å². The van der Waals surface area contributed by atoms with Crippen LogP contribution in [0.5, 0.6) is 0 Å². The summed E-state index contributed by atoms with van der Waals surface area (Å²) >= 11 is 0. The quantitative estimate of drug-likeness (QED) is 0.0145. The molecule has 0 bridgehead atoms. The van der Waals surface area contributed by atoms with Crippen molar-refractivity contribution in [1.82, 2.24) is 29.9 Å². The number of aromatic nitrogens is 6. The first kappa shape index (κ1) is 97.0. The van der Waals surface area contributed by atoms with E-state index in [1.165, 1.54) is 224 Å². The molecule has 0 aliphatic rings. The number of aliphatic hydroxyl groups excluding tert-OH is 3. The second kappa shape index (κ2) is 56.5. The van der Waals surface area contributed by atoms with Crippen molar-refractivity contribution in [2.75, 3.05) is 0 Å². The summed E-state index contributed by atoms with van der Waals surface area (Å²) in [7, 11) is 0. The Morgan fingerprint density at radius 2 is 0.563 bits per heavy atom. The van der Waals surface area contributed by atoms with Crippen molar-refractivity contribution in [3.05, 3.63) is 360 Å². The summed E-state index contributed by atoms with van der Waals surface area (Å²) in [5.74, 6) is -0.187. The molecule has 0 saturated carbocycles. The number of aliphatic hydroxyl groups is 3. The molecular weight excluding hydrogens is 1830 g/mol. The van der Waals surface area contributed by atoms with Gasteiger partial charge in [-0.3, -0.25) is 29.3 Å². The maximum atomic E-state index is 10.0. The van der Waals surface area contributed by atoms with Crippen LogP contribution in [0.25, 0.3) is 67.5 Å². The molecule has 119 heavy (non-hydrogen) atoms. The Labute approximate surface area is 734 Å². The van der Waals surface area contributed by atoms with E-state index in [4.69, 9.17) is 30.3 Å². The molecule has 1 radical (unpaired) electrons. The molecule has 3 N–H and O–H groups in total. The average molecular weight is 1940 g/mol. The van der Waals surface area contributed by atoms with Crippen LogP contribution in [0.3, 0.4) is 0 Å². The first-order valence-corrected chi connectivity index (χ1v) is 41.5. The Morgan fingerprint density at radius 3 is 0.882 bits per heavy atom. The summed E-state index contributed by atoms with van der Waals surface area (Å²) in [4.78, 5) is 58.4. The fourth-order valence-corrected chi connectivity index (χ4v) is 13.6. The summed E-state index contributed by atoms with van der Waals surface area (Å²) < 4.78 is 0. The Bertz CT molecular complexity index is 4880. The molecule has 14 heteroatoms. The van der Waals surface area contributed by atoms with E-state index in [2.05, 4.69) is 222 Å². The number of carbonyl (C=O) groups is 3. The van der Waals surface area contributed by atoms with Crippen molar-refractivity contribution in [2.24, 2.45) is 0 Å². The Kier molecular flexibility index (Phi) is 46.1. The van der Waals surface area contributed by atoms with Gasteiger partial charge in [0.2, 0.25) is 0 Å². The second-order valence-electron chi connectivity index (χ2n) is 29.7. The Hall–Kier alpha value is -10.9. The number of hydrogen-bond donors (Lipinski definition) is 3. The van der Waals surface area contributed by atoms with Crippen molar-refractivity contribution < 1.29 is 69.9 Å². The normalized spacial score (nSPS) is 11.0. The first-order valence-electron chi connectivity index (χ1n) is 41.5. The Morgan fingerprint density at radius 1 is 0.277 bits per heavy atom. The summed E-state index contributed by atoms with van der Waals surface area (Å²) in [6.45, 7) is 8.54. The van der Waals surface area contributed by atoms with Crippen molar-refractivity contribution >= 4 is 17.3 Å². The molecule has 0 unspecified atom stereocenters. The van der Waals surface area contributed by atoms with Gasteiger partial charge in [0.1, 0.15) is 0 Å². The molecule has 0 saturated heterocycles. The van der Waals surface area contributed by atoms with E-state index in [9.17, 15) is 14.4 Å². The predicted molar refractivity (Wildman–Crippen MR) is 479 cm³/mol. The van der Waals surface area contributed by atoms with Gasteiger partial charge in [0.15, 0.2) is 17.3 Å². The fraction of sp³-hybridized carbons (Fsp3) is 0.286. The van der Waals surface area contributed by atoms with Crippen LogP contribution < -0.4 is 0 Å². The second-order valence-corrected chi connectivity index (χ2v) is 29.7. The van der Waals surface area contributed by atoms with E-state index in [0.29, 0.717) is 0 Å². The van der Waals surface area contributed by atoms with Gasteiger partial charge < -0.3 is 30.3 Å². The van der Waals surface area contributed by atoms with E-state index in [1.807, 2.05) is 73.2 Å². The number of hydrogen-bond acceptors (Lipinski definition) is 12. The van der Waals surface area contributed by atoms with Crippen LogP contribution in [-0.4, -0.2) is 62.6 Å². The molecule has 0 fully saturated rings. The molecule has 0 atom stereocenters. The number of allylic oxidation sites excluding steroid dienone is 6. The van der Waals surface area contributed by atoms with E-state index in [0.717, 1.165) is 102 Å².